The largest absolute Gasteiger partial charge is 0.396 e. The van der Waals surface area contributed by atoms with E-state index in [2.05, 4.69) is 32.9 Å². The molecule has 78 valence electrons. The van der Waals surface area contributed by atoms with E-state index >= 15 is 0 Å². The fourth-order valence-electron chi connectivity index (χ4n) is 2.04. The summed E-state index contributed by atoms with van der Waals surface area (Å²) in [6.07, 6.45) is 2.92. The molecule has 0 saturated carbocycles. The van der Waals surface area contributed by atoms with Gasteiger partial charge in [0.2, 0.25) is 0 Å². The van der Waals surface area contributed by atoms with Crippen molar-refractivity contribution in [1.29, 1.82) is 0 Å². The molecule has 0 fully saturated rings. The Morgan fingerprint density at radius 3 is 1.93 bits per heavy atom. The van der Waals surface area contributed by atoms with Crippen LogP contribution in [0, 0.1) is 6.92 Å². The second-order valence-corrected chi connectivity index (χ2v) is 3.74. The number of rotatable bonds is 4. The van der Waals surface area contributed by atoms with Crippen LogP contribution in [-0.2, 0) is 19.3 Å². The molecule has 0 aliphatic heterocycles. The normalized spacial score (nSPS) is 10.6. The Bertz CT molecular complexity index is 277. The summed E-state index contributed by atoms with van der Waals surface area (Å²) in [5, 5.41) is 9.03. The van der Waals surface area contributed by atoms with Crippen molar-refractivity contribution in [1.82, 2.24) is 0 Å². The molecule has 0 saturated heterocycles. The maximum absolute atomic E-state index is 9.03. The van der Waals surface area contributed by atoms with Crippen LogP contribution in [0.4, 0.5) is 0 Å². The van der Waals surface area contributed by atoms with E-state index in [9.17, 15) is 0 Å². The Morgan fingerprint density at radius 1 is 1.07 bits per heavy atom. The van der Waals surface area contributed by atoms with Gasteiger partial charge in [0.15, 0.2) is 0 Å². The van der Waals surface area contributed by atoms with Crippen LogP contribution >= 0.6 is 0 Å². The van der Waals surface area contributed by atoms with E-state index in [0.717, 1.165) is 19.3 Å². The fourth-order valence-corrected chi connectivity index (χ4v) is 2.04. The number of hydrogen-bond acceptors (Lipinski definition) is 1. The summed E-state index contributed by atoms with van der Waals surface area (Å²) < 4.78 is 0. The van der Waals surface area contributed by atoms with E-state index in [1.807, 2.05) is 0 Å². The smallest absolute Gasteiger partial charge is 0.0471 e. The SMILES string of the molecule is CCc1cc(C)cc(CC)c1CCO. The van der Waals surface area contributed by atoms with Gasteiger partial charge in [0, 0.05) is 6.61 Å². The van der Waals surface area contributed by atoms with E-state index in [1.165, 1.54) is 22.3 Å². The topological polar surface area (TPSA) is 20.2 Å². The minimum Gasteiger partial charge on any atom is -0.396 e. The maximum atomic E-state index is 9.03. The van der Waals surface area contributed by atoms with Crippen molar-refractivity contribution in [3.05, 3.63) is 34.4 Å². The van der Waals surface area contributed by atoms with Gasteiger partial charge >= 0.3 is 0 Å². The summed E-state index contributed by atoms with van der Waals surface area (Å²) in [6.45, 7) is 6.74. The van der Waals surface area contributed by atoms with Gasteiger partial charge in [-0.3, -0.25) is 0 Å². The molecule has 0 bridgehead atoms. The van der Waals surface area contributed by atoms with Crippen molar-refractivity contribution in [2.75, 3.05) is 6.61 Å². The third-order valence-corrected chi connectivity index (χ3v) is 2.70. The summed E-state index contributed by atoms with van der Waals surface area (Å²) in [5.74, 6) is 0. The Kier molecular flexibility index (Phi) is 4.15. The lowest BCUT2D eigenvalue weighted by molar-refractivity contribution is 0.299. The molecule has 0 radical (unpaired) electrons. The predicted molar refractivity (Wildman–Crippen MR) is 60.7 cm³/mol. The highest BCUT2D eigenvalue weighted by Crippen LogP contribution is 2.19. The number of hydrogen-bond donors (Lipinski definition) is 1. The zero-order valence-electron chi connectivity index (χ0n) is 9.43. The van der Waals surface area contributed by atoms with Crippen LogP contribution in [0.2, 0.25) is 0 Å². The Labute approximate surface area is 86.8 Å². The van der Waals surface area contributed by atoms with E-state index in [1.54, 1.807) is 0 Å². The highest BCUT2D eigenvalue weighted by atomic mass is 16.2. The van der Waals surface area contributed by atoms with Crippen LogP contribution < -0.4 is 0 Å². The molecule has 0 amide bonds. The van der Waals surface area contributed by atoms with Gasteiger partial charge in [0.25, 0.3) is 0 Å². The average Bonchev–Trinajstić information content (AvgIpc) is 2.20. The molecule has 0 unspecified atom stereocenters. The quantitative estimate of drug-likeness (QED) is 0.777. The van der Waals surface area contributed by atoms with Gasteiger partial charge in [-0.2, -0.15) is 0 Å². The van der Waals surface area contributed by atoms with Crippen molar-refractivity contribution in [3.63, 3.8) is 0 Å². The molecule has 0 spiro atoms. The molecule has 1 N–H and O–H groups in total. The summed E-state index contributed by atoms with van der Waals surface area (Å²) >= 11 is 0. The molecule has 0 heterocycles. The van der Waals surface area contributed by atoms with E-state index < -0.39 is 0 Å². The standard InChI is InChI=1S/C13H20O/c1-4-11-8-10(3)9-12(5-2)13(11)6-7-14/h8-9,14H,4-7H2,1-3H3. The van der Waals surface area contributed by atoms with Crippen molar-refractivity contribution in [3.8, 4) is 0 Å². The summed E-state index contributed by atoms with van der Waals surface area (Å²) in [4.78, 5) is 0. The summed E-state index contributed by atoms with van der Waals surface area (Å²) in [6, 6.07) is 4.48. The van der Waals surface area contributed by atoms with Crippen LogP contribution in [0.25, 0.3) is 0 Å². The van der Waals surface area contributed by atoms with Crippen molar-refractivity contribution in [2.24, 2.45) is 0 Å². The highest BCUT2D eigenvalue weighted by Gasteiger charge is 2.06. The monoisotopic (exact) mass is 192 g/mol. The summed E-state index contributed by atoms with van der Waals surface area (Å²) in [7, 11) is 0. The lowest BCUT2D eigenvalue weighted by Gasteiger charge is -2.13. The van der Waals surface area contributed by atoms with Gasteiger partial charge < -0.3 is 5.11 Å². The molecule has 1 aromatic rings. The molecule has 1 nitrogen and oxygen atoms in total. The van der Waals surface area contributed by atoms with Crippen LogP contribution in [0.3, 0.4) is 0 Å². The second kappa shape index (κ2) is 5.16. The number of benzene rings is 1. The van der Waals surface area contributed by atoms with Gasteiger partial charge in [0.1, 0.15) is 0 Å². The van der Waals surface area contributed by atoms with Gasteiger partial charge in [-0.25, -0.2) is 0 Å². The molecular formula is C13H20O. The first kappa shape index (κ1) is 11.3. The van der Waals surface area contributed by atoms with E-state index in [-0.39, 0.29) is 6.61 Å². The first-order chi connectivity index (χ1) is 6.72. The third kappa shape index (κ3) is 2.36. The zero-order valence-corrected chi connectivity index (χ0v) is 9.43. The third-order valence-electron chi connectivity index (χ3n) is 2.70. The van der Waals surface area contributed by atoms with Gasteiger partial charge in [0.05, 0.1) is 0 Å². The number of aliphatic hydroxyl groups is 1. The molecule has 1 heteroatoms. The first-order valence-electron chi connectivity index (χ1n) is 5.45. The van der Waals surface area contributed by atoms with Crippen LogP contribution in [0.5, 0.6) is 0 Å². The number of aryl methyl sites for hydroxylation is 3. The molecule has 1 aromatic carbocycles. The molecule has 14 heavy (non-hydrogen) atoms. The van der Waals surface area contributed by atoms with Crippen molar-refractivity contribution >= 4 is 0 Å². The van der Waals surface area contributed by atoms with Gasteiger partial charge in [-0.1, -0.05) is 31.5 Å². The zero-order chi connectivity index (χ0) is 10.6. The van der Waals surface area contributed by atoms with Crippen LogP contribution in [0.15, 0.2) is 12.1 Å². The molecule has 0 aliphatic carbocycles. The molecular weight excluding hydrogens is 172 g/mol. The maximum Gasteiger partial charge on any atom is 0.0471 e. The van der Waals surface area contributed by atoms with Crippen molar-refractivity contribution < 1.29 is 5.11 Å². The Balaban J connectivity index is 3.18. The summed E-state index contributed by atoms with van der Waals surface area (Å²) in [5.41, 5.74) is 5.50. The molecule has 0 aliphatic rings. The number of aliphatic hydroxyl groups excluding tert-OH is 1. The molecule has 1 rings (SSSR count). The molecule has 0 atom stereocenters. The highest BCUT2D eigenvalue weighted by molar-refractivity contribution is 5.39. The van der Waals surface area contributed by atoms with Crippen molar-refractivity contribution in [2.45, 2.75) is 40.0 Å². The van der Waals surface area contributed by atoms with Crippen LogP contribution in [-0.4, -0.2) is 11.7 Å². The van der Waals surface area contributed by atoms with Gasteiger partial charge in [-0.05, 0) is 42.9 Å². The van der Waals surface area contributed by atoms with E-state index in [0.29, 0.717) is 0 Å². The lowest BCUT2D eigenvalue weighted by Crippen LogP contribution is -2.02. The average molecular weight is 192 g/mol. The minimum absolute atomic E-state index is 0.253. The lowest BCUT2D eigenvalue weighted by atomic mass is 9.93. The Hall–Kier alpha value is -0.820. The first-order valence-corrected chi connectivity index (χ1v) is 5.45. The molecule has 0 aromatic heterocycles. The Morgan fingerprint density at radius 2 is 1.57 bits per heavy atom. The fraction of sp³-hybridized carbons (Fsp3) is 0.538. The van der Waals surface area contributed by atoms with Gasteiger partial charge in [-0.15, -0.1) is 0 Å². The second-order valence-electron chi connectivity index (χ2n) is 3.74. The van der Waals surface area contributed by atoms with Crippen LogP contribution in [0.1, 0.15) is 36.1 Å². The minimum atomic E-state index is 0.253. The predicted octanol–water partition coefficient (Wildman–Crippen LogP) is 2.65. The van der Waals surface area contributed by atoms with E-state index in [4.69, 9.17) is 5.11 Å².